The molecule has 0 radical (unpaired) electrons. The Morgan fingerprint density at radius 3 is 2.69 bits per heavy atom. The SMILES string of the molecule is C.CCOC(=O)c1cc2nc3n(c2cc1F)CC[C@H]1[C@@H]3[C@H](c2cccc(Cl)c2F)[C@]2(C(=O)Nc3cc(Cl)ccc32)N1CC1CC1. The van der Waals surface area contributed by atoms with Crippen LogP contribution in [0.15, 0.2) is 48.5 Å². The van der Waals surface area contributed by atoms with E-state index in [4.69, 9.17) is 32.9 Å². The summed E-state index contributed by atoms with van der Waals surface area (Å²) >= 11 is 12.8. The van der Waals surface area contributed by atoms with Crippen molar-refractivity contribution in [1.29, 1.82) is 0 Å². The topological polar surface area (TPSA) is 76.5 Å². The molecule has 7 nitrogen and oxygen atoms in total. The van der Waals surface area contributed by atoms with Crippen molar-refractivity contribution in [2.24, 2.45) is 5.92 Å². The Hall–Kier alpha value is -3.53. The monoisotopic (exact) mass is 652 g/mol. The van der Waals surface area contributed by atoms with Gasteiger partial charge in [-0.05, 0) is 61.9 Å². The van der Waals surface area contributed by atoms with Crippen molar-refractivity contribution < 1.29 is 23.1 Å². The molecule has 2 fully saturated rings. The molecule has 0 unspecified atom stereocenters. The smallest absolute Gasteiger partial charge is 0.341 e. The fraction of sp³-hybridized carbons (Fsp3) is 0.382. The summed E-state index contributed by atoms with van der Waals surface area (Å²) in [7, 11) is 0. The molecular formula is C34H32Cl2F2N4O3. The lowest BCUT2D eigenvalue weighted by atomic mass is 9.70. The molecule has 0 bridgehead atoms. The molecule has 4 aromatic rings. The second-order valence-electron chi connectivity index (χ2n) is 12.2. The highest BCUT2D eigenvalue weighted by molar-refractivity contribution is 6.31. The number of nitrogens with one attached hydrogen (secondary N) is 1. The first-order valence-electron chi connectivity index (χ1n) is 14.9. The molecule has 1 aliphatic carbocycles. The van der Waals surface area contributed by atoms with E-state index >= 15 is 8.78 Å². The molecule has 1 aromatic heterocycles. The Bertz CT molecular complexity index is 1890. The molecule has 3 aliphatic heterocycles. The maximum atomic E-state index is 16.2. The number of ether oxygens (including phenoxy) is 1. The van der Waals surface area contributed by atoms with Gasteiger partial charge in [0.1, 0.15) is 23.0 Å². The van der Waals surface area contributed by atoms with E-state index in [1.165, 1.54) is 18.2 Å². The molecule has 1 N–H and O–H groups in total. The van der Waals surface area contributed by atoms with Gasteiger partial charge in [0.05, 0.1) is 28.2 Å². The number of carbonyl (C=O) groups is 2. The molecule has 4 atom stereocenters. The van der Waals surface area contributed by atoms with Crippen LogP contribution in [0.25, 0.3) is 11.0 Å². The zero-order valence-corrected chi connectivity index (χ0v) is 25.3. The number of likely N-dealkylation sites (tertiary alicyclic amines) is 1. The minimum absolute atomic E-state index is 0. The zero-order valence-electron chi connectivity index (χ0n) is 23.7. The molecule has 1 saturated carbocycles. The van der Waals surface area contributed by atoms with Crippen molar-refractivity contribution in [1.82, 2.24) is 14.5 Å². The van der Waals surface area contributed by atoms with Gasteiger partial charge in [0.25, 0.3) is 0 Å². The van der Waals surface area contributed by atoms with E-state index in [0.717, 1.165) is 18.4 Å². The number of rotatable bonds is 5. The Kier molecular flexibility index (Phi) is 7.22. The van der Waals surface area contributed by atoms with Crippen LogP contribution >= 0.6 is 23.2 Å². The van der Waals surface area contributed by atoms with Crippen molar-refractivity contribution in [3.63, 3.8) is 0 Å². The van der Waals surface area contributed by atoms with Crippen LogP contribution in [0.5, 0.6) is 0 Å². The van der Waals surface area contributed by atoms with E-state index in [1.54, 1.807) is 31.2 Å². The van der Waals surface area contributed by atoms with E-state index in [-0.39, 0.29) is 36.6 Å². The number of hydrogen-bond acceptors (Lipinski definition) is 5. The molecule has 3 aromatic carbocycles. The van der Waals surface area contributed by atoms with Crippen molar-refractivity contribution in [3.05, 3.63) is 92.7 Å². The lowest BCUT2D eigenvalue weighted by Gasteiger charge is -2.40. The number of anilines is 1. The van der Waals surface area contributed by atoms with E-state index in [1.807, 2.05) is 10.6 Å². The number of benzene rings is 3. The van der Waals surface area contributed by atoms with Crippen molar-refractivity contribution in [3.8, 4) is 0 Å². The van der Waals surface area contributed by atoms with Crippen LogP contribution in [0, 0.1) is 17.6 Å². The van der Waals surface area contributed by atoms with Gasteiger partial charge in [-0.3, -0.25) is 9.69 Å². The molecule has 45 heavy (non-hydrogen) atoms. The maximum absolute atomic E-state index is 16.2. The number of halogens is 4. The van der Waals surface area contributed by atoms with Crippen LogP contribution in [0.4, 0.5) is 14.5 Å². The number of hydrogen-bond donors (Lipinski definition) is 1. The molecule has 1 saturated heterocycles. The van der Waals surface area contributed by atoms with Crippen LogP contribution in [0.3, 0.4) is 0 Å². The third-order valence-corrected chi connectivity index (χ3v) is 10.4. The molecule has 4 heterocycles. The van der Waals surface area contributed by atoms with Gasteiger partial charge in [-0.1, -0.05) is 48.8 Å². The highest BCUT2D eigenvalue weighted by Crippen LogP contribution is 2.64. The number of esters is 1. The summed E-state index contributed by atoms with van der Waals surface area (Å²) < 4.78 is 38.5. The summed E-state index contributed by atoms with van der Waals surface area (Å²) in [6.45, 7) is 2.95. The van der Waals surface area contributed by atoms with Gasteiger partial charge >= 0.3 is 5.97 Å². The minimum Gasteiger partial charge on any atom is -0.462 e. The Labute approximate surface area is 269 Å². The number of aryl methyl sites for hydroxylation is 1. The van der Waals surface area contributed by atoms with Crippen LogP contribution in [-0.4, -0.2) is 45.5 Å². The molecule has 8 rings (SSSR count). The quantitative estimate of drug-likeness (QED) is 0.224. The third kappa shape index (κ3) is 4.27. The van der Waals surface area contributed by atoms with E-state index in [2.05, 4.69) is 10.2 Å². The summed E-state index contributed by atoms with van der Waals surface area (Å²) in [5.41, 5.74) is 1.18. The van der Waals surface area contributed by atoms with Gasteiger partial charge in [-0.2, -0.15) is 0 Å². The summed E-state index contributed by atoms with van der Waals surface area (Å²) in [5, 5.41) is 3.53. The first-order valence-corrected chi connectivity index (χ1v) is 15.7. The number of imidazole rings is 1. The first-order chi connectivity index (χ1) is 21.2. The molecule has 234 valence electrons. The number of nitrogens with zero attached hydrogens (tertiary/aromatic N) is 3. The summed E-state index contributed by atoms with van der Waals surface area (Å²) in [6, 6.07) is 12.8. The largest absolute Gasteiger partial charge is 0.462 e. The maximum Gasteiger partial charge on any atom is 0.341 e. The van der Waals surface area contributed by atoms with E-state index in [9.17, 15) is 9.59 Å². The summed E-state index contributed by atoms with van der Waals surface area (Å²) in [4.78, 5) is 34.3. The number of fused-ring (bicyclic) bond motifs is 7. The van der Waals surface area contributed by atoms with Crippen LogP contribution in [-0.2, 0) is 21.6 Å². The minimum atomic E-state index is -1.27. The summed E-state index contributed by atoms with van der Waals surface area (Å²) in [6.07, 6.45) is 2.75. The van der Waals surface area contributed by atoms with Crippen molar-refractivity contribution >= 4 is 51.8 Å². The standard InChI is InChI=1S/C33H28Cl2F2N4O3.CH4/c1-2-44-31(42)19-13-24-26(14-22(19)36)40-11-10-25-27(30(40)38-24)28(18-4-3-5-21(35)29(18)37)33(41(25)15-16-6-7-16)20-9-8-17(34)12-23(20)39-32(33)43;/h3-5,8-9,12-14,16,25,27-28H,2,6-7,10-11,15H2,1H3,(H,39,43);1H4/t25-,27+,28-,33+;/m0./s1. The van der Waals surface area contributed by atoms with Crippen LogP contribution in [0.1, 0.15) is 72.8 Å². The fourth-order valence-corrected chi connectivity index (χ4v) is 8.33. The van der Waals surface area contributed by atoms with Crippen LogP contribution in [0.2, 0.25) is 10.0 Å². The highest BCUT2D eigenvalue weighted by atomic mass is 35.5. The third-order valence-electron chi connectivity index (χ3n) is 9.84. The number of aromatic nitrogens is 2. The highest BCUT2D eigenvalue weighted by Gasteiger charge is 2.69. The average molecular weight is 654 g/mol. The second kappa shape index (κ2) is 10.8. The van der Waals surface area contributed by atoms with E-state index in [0.29, 0.717) is 58.6 Å². The van der Waals surface area contributed by atoms with Crippen LogP contribution < -0.4 is 5.32 Å². The van der Waals surface area contributed by atoms with Gasteiger partial charge in [-0.15, -0.1) is 0 Å². The Morgan fingerprint density at radius 2 is 1.93 bits per heavy atom. The van der Waals surface area contributed by atoms with Gasteiger partial charge in [0.2, 0.25) is 5.91 Å². The number of amides is 1. The molecule has 11 heteroatoms. The van der Waals surface area contributed by atoms with Gasteiger partial charge in [0, 0.05) is 53.3 Å². The lowest BCUT2D eigenvalue weighted by molar-refractivity contribution is -0.128. The zero-order chi connectivity index (χ0) is 30.5. The van der Waals surface area contributed by atoms with Gasteiger partial charge in [-0.25, -0.2) is 18.6 Å². The summed E-state index contributed by atoms with van der Waals surface area (Å²) in [5.74, 6) is -2.42. The van der Waals surface area contributed by atoms with Crippen molar-refractivity contribution in [2.75, 3.05) is 18.5 Å². The molecule has 1 spiro atoms. The normalized spacial score (nSPS) is 25.1. The van der Waals surface area contributed by atoms with Gasteiger partial charge in [0.15, 0.2) is 0 Å². The van der Waals surface area contributed by atoms with E-state index < -0.39 is 35.0 Å². The number of carbonyl (C=O) groups excluding carboxylic acids is 2. The predicted octanol–water partition coefficient (Wildman–Crippen LogP) is 7.65. The predicted molar refractivity (Wildman–Crippen MR) is 169 cm³/mol. The fourth-order valence-electron chi connectivity index (χ4n) is 7.98. The molecule has 1 amide bonds. The lowest BCUT2D eigenvalue weighted by Crippen LogP contribution is -2.53. The second-order valence-corrected chi connectivity index (χ2v) is 13.0. The van der Waals surface area contributed by atoms with Gasteiger partial charge < -0.3 is 14.6 Å². The molecular weight excluding hydrogens is 621 g/mol. The first kappa shape index (κ1) is 30.1. The Balaban J connectivity index is 0.00000325. The Morgan fingerprint density at radius 1 is 1.13 bits per heavy atom. The molecule has 4 aliphatic rings. The average Bonchev–Trinajstić information content (AvgIpc) is 3.59. The van der Waals surface area contributed by atoms with Crippen molar-refractivity contribution in [2.45, 2.75) is 63.6 Å².